The van der Waals surface area contributed by atoms with Crippen LogP contribution in [0.25, 0.3) is 0 Å². The average Bonchev–Trinajstić information content (AvgIpc) is 2.30. The molecule has 0 spiro atoms. The summed E-state index contributed by atoms with van der Waals surface area (Å²) in [7, 11) is 0. The summed E-state index contributed by atoms with van der Waals surface area (Å²) in [5, 5.41) is 13.8. The van der Waals surface area contributed by atoms with Crippen LogP contribution in [0.4, 0.5) is 5.69 Å². The third-order valence-corrected chi connectivity index (χ3v) is 3.51. The molecular formula is C13H15NO. The van der Waals surface area contributed by atoms with Crippen LogP contribution < -0.4 is 5.32 Å². The van der Waals surface area contributed by atoms with Crippen LogP contribution in [0.2, 0.25) is 0 Å². The minimum Gasteiger partial charge on any atom is -0.388 e. The van der Waals surface area contributed by atoms with Crippen molar-refractivity contribution in [1.82, 2.24) is 0 Å². The van der Waals surface area contributed by atoms with E-state index < -0.39 is 0 Å². The van der Waals surface area contributed by atoms with Gasteiger partial charge in [0.1, 0.15) is 0 Å². The molecule has 3 unspecified atom stereocenters. The van der Waals surface area contributed by atoms with Crippen molar-refractivity contribution in [2.75, 3.05) is 5.32 Å². The topological polar surface area (TPSA) is 32.3 Å². The van der Waals surface area contributed by atoms with Crippen molar-refractivity contribution in [1.29, 1.82) is 0 Å². The number of nitrogens with one attached hydrogen (secondary N) is 1. The van der Waals surface area contributed by atoms with Crippen LogP contribution >= 0.6 is 0 Å². The number of benzene rings is 1. The monoisotopic (exact) mass is 201 g/mol. The number of aliphatic hydroxyl groups excluding tert-OH is 1. The Balaban J connectivity index is 2.01. The van der Waals surface area contributed by atoms with Crippen molar-refractivity contribution >= 4 is 5.69 Å². The third-order valence-electron chi connectivity index (χ3n) is 3.51. The largest absolute Gasteiger partial charge is 0.388 e. The fraction of sp³-hybridized carbons (Fsp3) is 0.385. The maximum Gasteiger partial charge on any atom is 0.0860 e. The van der Waals surface area contributed by atoms with Crippen molar-refractivity contribution in [2.24, 2.45) is 5.92 Å². The van der Waals surface area contributed by atoms with Gasteiger partial charge in [-0.05, 0) is 18.9 Å². The van der Waals surface area contributed by atoms with E-state index in [2.05, 4.69) is 17.5 Å². The zero-order valence-electron chi connectivity index (χ0n) is 8.56. The molecule has 3 atom stereocenters. The van der Waals surface area contributed by atoms with Gasteiger partial charge in [-0.1, -0.05) is 30.4 Å². The van der Waals surface area contributed by atoms with Crippen LogP contribution in [0.5, 0.6) is 0 Å². The second kappa shape index (κ2) is 3.38. The highest BCUT2D eigenvalue weighted by Gasteiger charge is 2.34. The van der Waals surface area contributed by atoms with Crippen molar-refractivity contribution < 1.29 is 5.11 Å². The molecule has 0 radical (unpaired) electrons. The summed E-state index contributed by atoms with van der Waals surface area (Å²) in [6.45, 7) is 0. The van der Waals surface area contributed by atoms with Crippen LogP contribution in [-0.4, -0.2) is 11.1 Å². The number of hydrogen-bond donors (Lipinski definition) is 2. The Kier molecular flexibility index (Phi) is 2.03. The van der Waals surface area contributed by atoms with Crippen LogP contribution in [0.15, 0.2) is 36.4 Å². The van der Waals surface area contributed by atoms with E-state index in [1.807, 2.05) is 24.3 Å². The van der Waals surface area contributed by atoms with E-state index in [9.17, 15) is 5.11 Å². The summed E-state index contributed by atoms with van der Waals surface area (Å²) < 4.78 is 0. The van der Waals surface area contributed by atoms with Crippen LogP contribution in [0.3, 0.4) is 0 Å². The molecule has 3 rings (SSSR count). The molecule has 0 saturated carbocycles. The second-order valence-electron chi connectivity index (χ2n) is 4.39. The number of anilines is 1. The molecule has 2 aliphatic rings. The first-order valence-corrected chi connectivity index (χ1v) is 5.55. The minimum atomic E-state index is -0.308. The summed E-state index contributed by atoms with van der Waals surface area (Å²) in [5.41, 5.74) is 2.15. The molecule has 1 aliphatic carbocycles. The zero-order valence-corrected chi connectivity index (χ0v) is 8.56. The quantitative estimate of drug-likeness (QED) is 0.632. The molecule has 1 heterocycles. The van der Waals surface area contributed by atoms with E-state index in [4.69, 9.17) is 0 Å². The van der Waals surface area contributed by atoms with Gasteiger partial charge in [-0.2, -0.15) is 0 Å². The predicted octanol–water partition coefficient (Wildman–Crippen LogP) is 2.48. The highest BCUT2D eigenvalue weighted by Crippen LogP contribution is 2.40. The van der Waals surface area contributed by atoms with Crippen molar-refractivity contribution in [3.05, 3.63) is 42.0 Å². The molecule has 1 aromatic rings. The first-order chi connectivity index (χ1) is 7.36. The molecule has 2 heteroatoms. The number of hydrogen-bond acceptors (Lipinski definition) is 2. The summed E-state index contributed by atoms with van der Waals surface area (Å²) in [5.74, 6) is 0.338. The highest BCUT2D eigenvalue weighted by atomic mass is 16.3. The second-order valence-corrected chi connectivity index (χ2v) is 4.39. The Hall–Kier alpha value is -1.28. The van der Waals surface area contributed by atoms with Crippen LogP contribution in [0, 0.1) is 5.92 Å². The Bertz CT molecular complexity index is 399. The van der Waals surface area contributed by atoms with Gasteiger partial charge >= 0.3 is 0 Å². The molecule has 0 aromatic heterocycles. The van der Waals surface area contributed by atoms with Gasteiger partial charge in [-0.25, -0.2) is 0 Å². The van der Waals surface area contributed by atoms with E-state index in [1.54, 1.807) is 0 Å². The number of para-hydroxylation sites is 1. The molecule has 1 aliphatic heterocycles. The standard InChI is InChI=1S/C13H15NO/c15-13-9-5-1-3-7-11(9)14-12-8-4-2-6-10(12)13/h1-5,7,10,12-15H,6,8H2. The third kappa shape index (κ3) is 1.37. The van der Waals surface area contributed by atoms with E-state index in [0.717, 1.165) is 24.1 Å². The Morgan fingerprint density at radius 3 is 2.87 bits per heavy atom. The first kappa shape index (κ1) is 8.98. The van der Waals surface area contributed by atoms with Gasteiger partial charge in [-0.3, -0.25) is 0 Å². The minimum absolute atomic E-state index is 0.308. The molecule has 2 N–H and O–H groups in total. The Morgan fingerprint density at radius 1 is 1.13 bits per heavy atom. The van der Waals surface area contributed by atoms with Crippen molar-refractivity contribution in [2.45, 2.75) is 25.0 Å². The lowest BCUT2D eigenvalue weighted by Gasteiger charge is -2.39. The summed E-state index contributed by atoms with van der Waals surface area (Å²) in [6, 6.07) is 8.47. The van der Waals surface area contributed by atoms with E-state index >= 15 is 0 Å². The number of aliphatic hydroxyl groups is 1. The lowest BCUT2D eigenvalue weighted by Crippen LogP contribution is -2.38. The first-order valence-electron chi connectivity index (χ1n) is 5.55. The van der Waals surface area contributed by atoms with Gasteiger partial charge in [0.05, 0.1) is 6.10 Å². The number of rotatable bonds is 0. The highest BCUT2D eigenvalue weighted by molar-refractivity contribution is 5.55. The molecule has 0 saturated heterocycles. The van der Waals surface area contributed by atoms with E-state index in [0.29, 0.717) is 12.0 Å². The Morgan fingerprint density at radius 2 is 1.93 bits per heavy atom. The zero-order chi connectivity index (χ0) is 10.3. The lowest BCUT2D eigenvalue weighted by atomic mass is 9.78. The molecule has 15 heavy (non-hydrogen) atoms. The Labute approximate surface area is 89.6 Å². The molecule has 2 nitrogen and oxygen atoms in total. The predicted molar refractivity (Wildman–Crippen MR) is 60.7 cm³/mol. The van der Waals surface area contributed by atoms with Gasteiger partial charge in [0.15, 0.2) is 0 Å². The van der Waals surface area contributed by atoms with Crippen molar-refractivity contribution in [3.8, 4) is 0 Å². The molecule has 0 bridgehead atoms. The fourth-order valence-corrected chi connectivity index (χ4v) is 2.67. The molecule has 0 fully saturated rings. The molecular weight excluding hydrogens is 186 g/mol. The van der Waals surface area contributed by atoms with Crippen LogP contribution in [0.1, 0.15) is 24.5 Å². The van der Waals surface area contributed by atoms with E-state index in [1.165, 1.54) is 0 Å². The fourth-order valence-electron chi connectivity index (χ4n) is 2.67. The summed E-state index contributed by atoms with van der Waals surface area (Å²) in [6.07, 6.45) is 6.08. The maximum absolute atomic E-state index is 10.3. The SMILES string of the molecule is OC1c2ccccc2NC2CC=CCC21. The maximum atomic E-state index is 10.3. The van der Waals surface area contributed by atoms with Crippen molar-refractivity contribution in [3.63, 3.8) is 0 Å². The molecule has 78 valence electrons. The van der Waals surface area contributed by atoms with Gasteiger partial charge in [-0.15, -0.1) is 0 Å². The number of allylic oxidation sites excluding steroid dienone is 1. The van der Waals surface area contributed by atoms with Gasteiger partial charge in [0.2, 0.25) is 0 Å². The molecule has 0 amide bonds. The average molecular weight is 201 g/mol. The summed E-state index contributed by atoms with van der Waals surface area (Å²) >= 11 is 0. The number of fused-ring (bicyclic) bond motifs is 2. The normalized spacial score (nSPS) is 32.7. The van der Waals surface area contributed by atoms with Crippen LogP contribution in [-0.2, 0) is 0 Å². The molecule has 1 aromatic carbocycles. The van der Waals surface area contributed by atoms with E-state index in [-0.39, 0.29) is 6.10 Å². The van der Waals surface area contributed by atoms with Gasteiger partial charge in [0.25, 0.3) is 0 Å². The van der Waals surface area contributed by atoms with Gasteiger partial charge < -0.3 is 10.4 Å². The smallest absolute Gasteiger partial charge is 0.0860 e. The summed E-state index contributed by atoms with van der Waals surface area (Å²) in [4.78, 5) is 0. The lowest BCUT2D eigenvalue weighted by molar-refractivity contribution is 0.0903. The van der Waals surface area contributed by atoms with Gasteiger partial charge in [0, 0.05) is 23.2 Å².